The van der Waals surface area contributed by atoms with Crippen molar-refractivity contribution in [3.8, 4) is 5.75 Å². The highest BCUT2D eigenvalue weighted by Gasteiger charge is 2.33. The fourth-order valence-electron chi connectivity index (χ4n) is 3.98. The van der Waals surface area contributed by atoms with Crippen molar-refractivity contribution in [3.63, 3.8) is 0 Å². The summed E-state index contributed by atoms with van der Waals surface area (Å²) in [5, 5.41) is 8.59. The molecule has 35 heavy (non-hydrogen) atoms. The normalized spacial score (nSPS) is 15.1. The first kappa shape index (κ1) is 24.9. The van der Waals surface area contributed by atoms with Gasteiger partial charge in [-0.25, -0.2) is 13.1 Å². The SMILES string of the molecule is CCn1cc(S(=O)(=O)N2CCN(C(=O)c3ccn(COc4ccc(C(C)C)cc4)n3)CC2)c(C)n1. The van der Waals surface area contributed by atoms with Crippen LogP contribution in [-0.2, 0) is 23.3 Å². The molecule has 0 N–H and O–H groups in total. The van der Waals surface area contributed by atoms with Gasteiger partial charge in [0.2, 0.25) is 10.0 Å². The monoisotopic (exact) mass is 500 g/mol. The molecule has 0 atom stereocenters. The van der Waals surface area contributed by atoms with Gasteiger partial charge in [-0.2, -0.15) is 14.5 Å². The molecular formula is C24H32N6O4S. The van der Waals surface area contributed by atoms with E-state index in [-0.39, 0.29) is 30.6 Å². The Kier molecular flexibility index (Phi) is 7.27. The Morgan fingerprint density at radius 1 is 1.03 bits per heavy atom. The molecule has 1 fully saturated rings. The topological polar surface area (TPSA) is 103 Å². The van der Waals surface area contributed by atoms with Crippen molar-refractivity contribution in [2.75, 3.05) is 26.2 Å². The Labute approximate surface area is 206 Å². The summed E-state index contributed by atoms with van der Waals surface area (Å²) in [4.78, 5) is 14.8. The van der Waals surface area contributed by atoms with Gasteiger partial charge in [0.1, 0.15) is 10.6 Å². The highest BCUT2D eigenvalue weighted by atomic mass is 32.2. The van der Waals surface area contributed by atoms with Gasteiger partial charge in [0, 0.05) is 45.1 Å². The average Bonchev–Trinajstić information content (AvgIpc) is 3.49. The number of hydrogen-bond donors (Lipinski definition) is 0. The number of carbonyl (C=O) groups is 1. The van der Waals surface area contributed by atoms with E-state index in [2.05, 4.69) is 24.0 Å². The quantitative estimate of drug-likeness (QED) is 0.471. The maximum atomic E-state index is 13.1. The summed E-state index contributed by atoms with van der Waals surface area (Å²) < 4.78 is 36.5. The number of amides is 1. The molecule has 4 rings (SSSR count). The summed E-state index contributed by atoms with van der Waals surface area (Å²) in [5.41, 5.74) is 2.03. The van der Waals surface area contributed by atoms with E-state index in [1.165, 1.54) is 9.87 Å². The van der Waals surface area contributed by atoms with Crippen LogP contribution in [0.4, 0.5) is 0 Å². The van der Waals surface area contributed by atoms with Gasteiger partial charge in [-0.15, -0.1) is 0 Å². The van der Waals surface area contributed by atoms with Crippen molar-refractivity contribution in [3.05, 3.63) is 59.7 Å². The molecule has 3 heterocycles. The van der Waals surface area contributed by atoms with Gasteiger partial charge < -0.3 is 9.64 Å². The molecule has 0 unspecified atom stereocenters. The number of rotatable bonds is 8. The number of nitrogens with zero attached hydrogens (tertiary/aromatic N) is 6. The lowest BCUT2D eigenvalue weighted by Crippen LogP contribution is -2.50. The Balaban J connectivity index is 1.33. The molecule has 10 nitrogen and oxygen atoms in total. The zero-order valence-corrected chi connectivity index (χ0v) is 21.4. The number of aryl methyl sites for hydroxylation is 2. The predicted molar refractivity (Wildman–Crippen MR) is 131 cm³/mol. The van der Waals surface area contributed by atoms with Crippen molar-refractivity contribution in [1.82, 2.24) is 28.8 Å². The molecule has 1 aromatic carbocycles. The summed E-state index contributed by atoms with van der Waals surface area (Å²) >= 11 is 0. The number of carbonyl (C=O) groups excluding carboxylic acids is 1. The lowest BCUT2D eigenvalue weighted by atomic mass is 10.0. The Morgan fingerprint density at radius 3 is 2.31 bits per heavy atom. The first-order valence-electron chi connectivity index (χ1n) is 11.8. The van der Waals surface area contributed by atoms with Crippen LogP contribution in [0, 0.1) is 6.92 Å². The molecule has 188 valence electrons. The molecule has 1 saturated heterocycles. The smallest absolute Gasteiger partial charge is 0.274 e. The van der Waals surface area contributed by atoms with Gasteiger partial charge in [-0.3, -0.25) is 9.48 Å². The van der Waals surface area contributed by atoms with Crippen LogP contribution in [0.25, 0.3) is 0 Å². The van der Waals surface area contributed by atoms with Crippen molar-refractivity contribution in [2.24, 2.45) is 0 Å². The zero-order chi connectivity index (χ0) is 25.2. The van der Waals surface area contributed by atoms with Crippen molar-refractivity contribution < 1.29 is 17.9 Å². The summed E-state index contributed by atoms with van der Waals surface area (Å²) in [6.45, 7) is 9.70. The van der Waals surface area contributed by atoms with E-state index in [0.717, 1.165) is 5.75 Å². The van der Waals surface area contributed by atoms with Gasteiger partial charge in [0.15, 0.2) is 12.4 Å². The van der Waals surface area contributed by atoms with E-state index in [0.29, 0.717) is 36.9 Å². The number of sulfonamides is 1. The highest BCUT2D eigenvalue weighted by Crippen LogP contribution is 2.21. The molecule has 0 aliphatic carbocycles. The van der Waals surface area contributed by atoms with Crippen molar-refractivity contribution in [2.45, 2.75) is 51.8 Å². The summed E-state index contributed by atoms with van der Waals surface area (Å²) in [5.74, 6) is 0.960. The van der Waals surface area contributed by atoms with E-state index >= 15 is 0 Å². The van der Waals surface area contributed by atoms with Gasteiger partial charge >= 0.3 is 0 Å². The van der Waals surface area contributed by atoms with E-state index in [1.54, 1.807) is 39.6 Å². The van der Waals surface area contributed by atoms with E-state index in [9.17, 15) is 13.2 Å². The summed E-state index contributed by atoms with van der Waals surface area (Å²) in [6, 6.07) is 9.57. The number of hydrogen-bond acceptors (Lipinski definition) is 6. The molecular weight excluding hydrogens is 468 g/mol. The maximum absolute atomic E-state index is 13.1. The molecule has 1 amide bonds. The van der Waals surface area contributed by atoms with Gasteiger partial charge in [0.05, 0.1) is 5.69 Å². The minimum atomic E-state index is -3.66. The zero-order valence-electron chi connectivity index (χ0n) is 20.6. The molecule has 2 aromatic heterocycles. The predicted octanol–water partition coefficient (Wildman–Crippen LogP) is 2.71. The second-order valence-corrected chi connectivity index (χ2v) is 10.8. The summed E-state index contributed by atoms with van der Waals surface area (Å²) in [6.07, 6.45) is 3.26. The Morgan fingerprint density at radius 2 is 1.71 bits per heavy atom. The van der Waals surface area contributed by atoms with Crippen LogP contribution in [0.1, 0.15) is 48.4 Å². The molecule has 0 spiro atoms. The first-order chi connectivity index (χ1) is 16.7. The first-order valence-corrected chi connectivity index (χ1v) is 13.2. The van der Waals surface area contributed by atoms with Crippen molar-refractivity contribution >= 4 is 15.9 Å². The third kappa shape index (κ3) is 5.40. The maximum Gasteiger partial charge on any atom is 0.274 e. The van der Waals surface area contributed by atoms with Crippen LogP contribution in [-0.4, -0.2) is 69.3 Å². The van der Waals surface area contributed by atoms with E-state index < -0.39 is 10.0 Å². The molecule has 0 saturated carbocycles. The minimum absolute atomic E-state index is 0.186. The average molecular weight is 501 g/mol. The third-order valence-corrected chi connectivity index (χ3v) is 8.14. The summed E-state index contributed by atoms with van der Waals surface area (Å²) in [7, 11) is -3.66. The number of benzene rings is 1. The second kappa shape index (κ2) is 10.2. The van der Waals surface area contributed by atoms with E-state index in [1.807, 2.05) is 31.2 Å². The van der Waals surface area contributed by atoms with Crippen LogP contribution in [0.15, 0.2) is 47.6 Å². The molecule has 0 bridgehead atoms. The number of ether oxygens (including phenoxy) is 1. The van der Waals surface area contributed by atoms with Crippen LogP contribution in [0.2, 0.25) is 0 Å². The third-order valence-electron chi connectivity index (χ3n) is 6.14. The molecule has 3 aromatic rings. The lowest BCUT2D eigenvalue weighted by Gasteiger charge is -2.33. The largest absolute Gasteiger partial charge is 0.471 e. The van der Waals surface area contributed by atoms with E-state index in [4.69, 9.17) is 4.74 Å². The second-order valence-electron chi connectivity index (χ2n) is 8.87. The molecule has 1 aliphatic heterocycles. The Bertz CT molecular complexity index is 1270. The number of piperazine rings is 1. The standard InChI is InChI=1S/C24H32N6O4S/c1-5-28-16-23(19(4)25-28)35(32,33)30-14-12-27(13-15-30)24(31)22-10-11-29(26-22)17-34-21-8-6-20(7-9-21)18(2)3/h6-11,16,18H,5,12-15,17H2,1-4H3. The lowest BCUT2D eigenvalue weighted by molar-refractivity contribution is 0.0690. The molecule has 11 heteroatoms. The highest BCUT2D eigenvalue weighted by molar-refractivity contribution is 7.89. The fraction of sp³-hybridized carbons (Fsp3) is 0.458. The van der Waals surface area contributed by atoms with Crippen LogP contribution in [0.3, 0.4) is 0 Å². The number of aromatic nitrogens is 4. The van der Waals surface area contributed by atoms with Gasteiger partial charge in [0.25, 0.3) is 5.91 Å². The van der Waals surface area contributed by atoms with Gasteiger partial charge in [-0.05, 0) is 43.5 Å². The Hall–Kier alpha value is -3.18. The van der Waals surface area contributed by atoms with Gasteiger partial charge in [-0.1, -0.05) is 26.0 Å². The van der Waals surface area contributed by atoms with Crippen molar-refractivity contribution in [1.29, 1.82) is 0 Å². The van der Waals surface area contributed by atoms with Crippen LogP contribution < -0.4 is 4.74 Å². The minimum Gasteiger partial charge on any atom is -0.471 e. The molecule has 1 aliphatic rings. The van der Waals surface area contributed by atoms with Crippen LogP contribution in [0.5, 0.6) is 5.75 Å². The van der Waals surface area contributed by atoms with Crippen LogP contribution >= 0.6 is 0 Å². The molecule has 0 radical (unpaired) electrons. The fourth-order valence-corrected chi connectivity index (χ4v) is 5.58.